The van der Waals surface area contributed by atoms with Crippen LogP contribution in [0.15, 0.2) is 71.3 Å². The van der Waals surface area contributed by atoms with Crippen LogP contribution in [0.1, 0.15) is 5.56 Å². The van der Waals surface area contributed by atoms with Crippen LogP contribution in [-0.2, 0) is 6.61 Å². The fourth-order valence-electron chi connectivity index (χ4n) is 2.07. The molecule has 0 fully saturated rings. The largest absolute Gasteiger partial charge is 0.489 e. The standard InChI is InChI=1S/C18H13BrFNO/c19-14-6-9-18(21-11-14)16-8-7-15(10-17(16)20)22-12-13-4-2-1-3-5-13/h1-11H,12H2. The summed E-state index contributed by atoms with van der Waals surface area (Å²) < 4.78 is 20.7. The quantitative estimate of drug-likeness (QED) is 0.637. The Bertz CT molecular complexity index is 760. The topological polar surface area (TPSA) is 22.1 Å². The molecule has 1 aromatic heterocycles. The monoisotopic (exact) mass is 357 g/mol. The summed E-state index contributed by atoms with van der Waals surface area (Å²) in [6, 6.07) is 18.2. The maximum atomic E-state index is 14.2. The van der Waals surface area contributed by atoms with E-state index in [1.54, 1.807) is 24.4 Å². The molecule has 0 aliphatic heterocycles. The number of benzene rings is 2. The van der Waals surface area contributed by atoms with E-state index in [1.807, 2.05) is 36.4 Å². The van der Waals surface area contributed by atoms with Gasteiger partial charge in [-0.15, -0.1) is 0 Å². The molecular formula is C18H13BrFNO. The first kappa shape index (κ1) is 14.7. The summed E-state index contributed by atoms with van der Waals surface area (Å²) in [5.74, 6) is 0.155. The van der Waals surface area contributed by atoms with E-state index >= 15 is 0 Å². The number of rotatable bonds is 4. The molecule has 0 aliphatic carbocycles. The van der Waals surface area contributed by atoms with Gasteiger partial charge in [-0.3, -0.25) is 4.98 Å². The van der Waals surface area contributed by atoms with Crippen molar-refractivity contribution in [3.8, 4) is 17.0 Å². The smallest absolute Gasteiger partial charge is 0.136 e. The highest BCUT2D eigenvalue weighted by Gasteiger charge is 2.08. The molecule has 2 aromatic carbocycles. The van der Waals surface area contributed by atoms with Crippen LogP contribution in [0.3, 0.4) is 0 Å². The van der Waals surface area contributed by atoms with Crippen molar-refractivity contribution < 1.29 is 9.13 Å². The van der Waals surface area contributed by atoms with E-state index in [0.29, 0.717) is 23.6 Å². The molecule has 0 spiro atoms. The molecule has 0 N–H and O–H groups in total. The van der Waals surface area contributed by atoms with Gasteiger partial charge in [-0.05, 0) is 45.8 Å². The van der Waals surface area contributed by atoms with Gasteiger partial charge in [-0.2, -0.15) is 0 Å². The number of halogens is 2. The molecular weight excluding hydrogens is 345 g/mol. The molecule has 0 amide bonds. The van der Waals surface area contributed by atoms with Crippen molar-refractivity contribution in [1.82, 2.24) is 4.98 Å². The second kappa shape index (κ2) is 6.71. The molecule has 2 nitrogen and oxygen atoms in total. The SMILES string of the molecule is Fc1cc(OCc2ccccc2)ccc1-c1ccc(Br)cn1. The lowest BCUT2D eigenvalue weighted by atomic mass is 10.1. The Morgan fingerprint density at radius 1 is 1.00 bits per heavy atom. The van der Waals surface area contributed by atoms with Crippen LogP contribution in [0.4, 0.5) is 4.39 Å². The lowest BCUT2D eigenvalue weighted by Crippen LogP contribution is -1.96. The van der Waals surface area contributed by atoms with Gasteiger partial charge in [-0.1, -0.05) is 30.3 Å². The highest BCUT2D eigenvalue weighted by Crippen LogP contribution is 2.26. The summed E-state index contributed by atoms with van der Waals surface area (Å²) in [4.78, 5) is 4.20. The zero-order chi connectivity index (χ0) is 15.4. The third-order valence-electron chi connectivity index (χ3n) is 3.19. The zero-order valence-electron chi connectivity index (χ0n) is 11.7. The molecule has 1 heterocycles. The predicted molar refractivity (Wildman–Crippen MR) is 88.1 cm³/mol. The van der Waals surface area contributed by atoms with Crippen LogP contribution in [0.25, 0.3) is 11.3 Å². The van der Waals surface area contributed by atoms with Crippen molar-refractivity contribution in [2.24, 2.45) is 0 Å². The van der Waals surface area contributed by atoms with Gasteiger partial charge >= 0.3 is 0 Å². The maximum Gasteiger partial charge on any atom is 0.136 e. The molecule has 110 valence electrons. The van der Waals surface area contributed by atoms with Crippen molar-refractivity contribution >= 4 is 15.9 Å². The molecule has 0 bridgehead atoms. The Hall–Kier alpha value is -2.20. The van der Waals surface area contributed by atoms with Gasteiger partial charge in [0.15, 0.2) is 0 Å². The lowest BCUT2D eigenvalue weighted by Gasteiger charge is -2.08. The van der Waals surface area contributed by atoms with Crippen LogP contribution in [0, 0.1) is 5.82 Å². The number of ether oxygens (including phenoxy) is 1. The lowest BCUT2D eigenvalue weighted by molar-refractivity contribution is 0.304. The zero-order valence-corrected chi connectivity index (χ0v) is 13.3. The Kier molecular flexibility index (Phi) is 4.49. The van der Waals surface area contributed by atoms with Gasteiger partial charge in [0.2, 0.25) is 0 Å². The van der Waals surface area contributed by atoms with E-state index in [1.165, 1.54) is 6.07 Å². The van der Waals surface area contributed by atoms with Gasteiger partial charge in [0, 0.05) is 22.3 Å². The first-order valence-corrected chi connectivity index (χ1v) is 7.60. The summed E-state index contributed by atoms with van der Waals surface area (Å²) >= 11 is 3.31. The number of nitrogens with zero attached hydrogens (tertiary/aromatic N) is 1. The van der Waals surface area contributed by atoms with E-state index in [4.69, 9.17) is 4.74 Å². The highest BCUT2D eigenvalue weighted by molar-refractivity contribution is 9.10. The summed E-state index contributed by atoms with van der Waals surface area (Å²) in [5, 5.41) is 0. The minimum atomic E-state index is -0.347. The predicted octanol–water partition coefficient (Wildman–Crippen LogP) is 5.23. The van der Waals surface area contributed by atoms with E-state index in [0.717, 1.165) is 10.0 Å². The van der Waals surface area contributed by atoms with E-state index < -0.39 is 0 Å². The molecule has 0 aliphatic rings. The summed E-state index contributed by atoms with van der Waals surface area (Å²) in [6.07, 6.45) is 1.65. The van der Waals surface area contributed by atoms with E-state index in [9.17, 15) is 4.39 Å². The van der Waals surface area contributed by atoms with Crippen LogP contribution in [0.5, 0.6) is 5.75 Å². The van der Waals surface area contributed by atoms with Crippen LogP contribution in [0.2, 0.25) is 0 Å². The van der Waals surface area contributed by atoms with Gasteiger partial charge in [0.25, 0.3) is 0 Å². The molecule has 22 heavy (non-hydrogen) atoms. The van der Waals surface area contributed by atoms with E-state index in [2.05, 4.69) is 20.9 Å². The van der Waals surface area contributed by atoms with Crippen molar-refractivity contribution in [2.75, 3.05) is 0 Å². The fourth-order valence-corrected chi connectivity index (χ4v) is 2.30. The average molecular weight is 358 g/mol. The molecule has 4 heteroatoms. The minimum Gasteiger partial charge on any atom is -0.489 e. The molecule has 0 saturated heterocycles. The average Bonchev–Trinajstić information content (AvgIpc) is 2.55. The normalized spacial score (nSPS) is 10.5. The second-order valence-corrected chi connectivity index (χ2v) is 5.69. The summed E-state index contributed by atoms with van der Waals surface area (Å²) in [5.41, 5.74) is 2.09. The highest BCUT2D eigenvalue weighted by atomic mass is 79.9. The molecule has 3 aromatic rings. The van der Waals surface area contributed by atoms with Gasteiger partial charge in [0.05, 0.1) is 5.69 Å². The Morgan fingerprint density at radius 2 is 1.82 bits per heavy atom. The van der Waals surface area contributed by atoms with Gasteiger partial charge in [0.1, 0.15) is 18.2 Å². The van der Waals surface area contributed by atoms with Gasteiger partial charge in [-0.25, -0.2) is 4.39 Å². The second-order valence-electron chi connectivity index (χ2n) is 4.78. The van der Waals surface area contributed by atoms with Crippen molar-refractivity contribution in [3.05, 3.63) is 82.7 Å². The molecule has 0 atom stereocenters. The first-order chi connectivity index (χ1) is 10.7. The summed E-state index contributed by atoms with van der Waals surface area (Å²) in [7, 11) is 0. The Labute approximate surface area is 136 Å². The molecule has 0 saturated carbocycles. The van der Waals surface area contributed by atoms with Crippen molar-refractivity contribution in [3.63, 3.8) is 0 Å². The fraction of sp³-hybridized carbons (Fsp3) is 0.0556. The van der Waals surface area contributed by atoms with Crippen molar-refractivity contribution in [1.29, 1.82) is 0 Å². The first-order valence-electron chi connectivity index (χ1n) is 6.80. The van der Waals surface area contributed by atoms with Crippen molar-refractivity contribution in [2.45, 2.75) is 6.61 Å². The molecule has 0 unspecified atom stereocenters. The van der Waals surface area contributed by atoms with E-state index in [-0.39, 0.29) is 5.82 Å². The number of pyridine rings is 1. The maximum absolute atomic E-state index is 14.2. The third kappa shape index (κ3) is 3.52. The molecule has 3 rings (SSSR count). The Morgan fingerprint density at radius 3 is 2.50 bits per heavy atom. The third-order valence-corrected chi connectivity index (χ3v) is 3.66. The summed E-state index contributed by atoms with van der Waals surface area (Å²) in [6.45, 7) is 0.413. The van der Waals surface area contributed by atoms with Crippen LogP contribution >= 0.6 is 15.9 Å². The molecule has 0 radical (unpaired) electrons. The number of aromatic nitrogens is 1. The number of hydrogen-bond donors (Lipinski definition) is 0. The van der Waals surface area contributed by atoms with Gasteiger partial charge < -0.3 is 4.74 Å². The van der Waals surface area contributed by atoms with Crippen LogP contribution < -0.4 is 4.74 Å². The Balaban J connectivity index is 1.76. The minimum absolute atomic E-state index is 0.347. The number of hydrogen-bond acceptors (Lipinski definition) is 2. The van der Waals surface area contributed by atoms with Crippen LogP contribution in [-0.4, -0.2) is 4.98 Å².